The highest BCUT2D eigenvalue weighted by molar-refractivity contribution is 7.17. The van der Waals surface area contributed by atoms with Crippen LogP contribution in [0, 0.1) is 0 Å². The Morgan fingerprint density at radius 1 is 1.25 bits per heavy atom. The van der Waals surface area contributed by atoms with Crippen molar-refractivity contribution in [3.8, 4) is 5.75 Å². The van der Waals surface area contributed by atoms with Crippen LogP contribution in [0.4, 0.5) is 5.00 Å². The van der Waals surface area contributed by atoms with Crippen LogP contribution < -0.4 is 10.1 Å². The number of likely N-dealkylation sites (N-methyl/N-ethyl adjacent to an activating group) is 1. The Labute approximate surface area is 169 Å². The molecule has 0 saturated carbocycles. The number of nitrogens with one attached hydrogen (secondary N) is 1. The predicted molar refractivity (Wildman–Crippen MR) is 110 cm³/mol. The molecular weight excluding hydrogens is 376 g/mol. The maximum Gasteiger partial charge on any atom is 0.341 e. The van der Waals surface area contributed by atoms with E-state index in [2.05, 4.69) is 17.3 Å². The number of carbonyl (C=O) groups is 2. The van der Waals surface area contributed by atoms with E-state index in [0.717, 1.165) is 35.7 Å². The number of hydrogen-bond donors (Lipinski definition) is 1. The molecule has 0 spiro atoms. The zero-order valence-electron chi connectivity index (χ0n) is 16.3. The molecule has 6 nitrogen and oxygen atoms in total. The summed E-state index contributed by atoms with van der Waals surface area (Å²) >= 11 is 1.48. The molecule has 3 rings (SSSR count). The number of carbonyl (C=O) groups excluding carboxylic acids is 2. The third-order valence-electron chi connectivity index (χ3n) is 4.54. The van der Waals surface area contributed by atoms with Crippen LogP contribution in [0.15, 0.2) is 30.3 Å². The van der Waals surface area contributed by atoms with E-state index in [4.69, 9.17) is 9.47 Å². The van der Waals surface area contributed by atoms with Crippen LogP contribution in [-0.2, 0) is 22.5 Å². The predicted octanol–water partition coefficient (Wildman–Crippen LogP) is 3.71. The highest BCUT2D eigenvalue weighted by atomic mass is 32.1. The number of fused-ring (bicyclic) bond motifs is 1. The maximum absolute atomic E-state index is 12.5. The van der Waals surface area contributed by atoms with Crippen LogP contribution in [0.2, 0.25) is 0 Å². The average Bonchev–Trinajstić information content (AvgIpc) is 3.03. The van der Waals surface area contributed by atoms with Gasteiger partial charge in [0.1, 0.15) is 10.8 Å². The molecule has 1 amide bonds. The minimum Gasteiger partial charge on any atom is -0.494 e. The molecule has 1 N–H and O–H groups in total. The van der Waals surface area contributed by atoms with E-state index in [1.165, 1.54) is 11.3 Å². The van der Waals surface area contributed by atoms with Crippen LogP contribution >= 0.6 is 11.3 Å². The van der Waals surface area contributed by atoms with Crippen molar-refractivity contribution in [1.29, 1.82) is 0 Å². The second-order valence-corrected chi connectivity index (χ2v) is 7.83. The minimum atomic E-state index is -0.354. The Balaban J connectivity index is 1.60. The highest BCUT2D eigenvalue weighted by Crippen LogP contribution is 2.37. The first-order chi connectivity index (χ1) is 13.6. The number of amides is 1. The van der Waals surface area contributed by atoms with E-state index >= 15 is 0 Å². The summed E-state index contributed by atoms with van der Waals surface area (Å²) in [4.78, 5) is 28.2. The molecule has 0 fully saturated rings. The molecule has 0 unspecified atom stereocenters. The Bertz CT molecular complexity index is 819. The highest BCUT2D eigenvalue weighted by Gasteiger charge is 2.28. The van der Waals surface area contributed by atoms with Crippen LogP contribution in [0.1, 0.15) is 40.6 Å². The van der Waals surface area contributed by atoms with Gasteiger partial charge in [0.05, 0.1) is 18.8 Å². The van der Waals surface area contributed by atoms with Gasteiger partial charge in [-0.05, 0) is 44.5 Å². The molecule has 2 aromatic rings. The molecule has 0 radical (unpaired) electrons. The second-order valence-electron chi connectivity index (χ2n) is 6.73. The Morgan fingerprint density at radius 3 is 2.79 bits per heavy atom. The van der Waals surface area contributed by atoms with Crippen molar-refractivity contribution in [2.45, 2.75) is 32.7 Å². The van der Waals surface area contributed by atoms with Gasteiger partial charge in [-0.1, -0.05) is 18.2 Å². The molecule has 7 heteroatoms. The minimum absolute atomic E-state index is 0.117. The Hall–Kier alpha value is -2.38. The first-order valence-electron chi connectivity index (χ1n) is 9.56. The summed E-state index contributed by atoms with van der Waals surface area (Å²) in [5, 5.41) is 3.53. The van der Waals surface area contributed by atoms with Gasteiger partial charge in [0.15, 0.2) is 0 Å². The van der Waals surface area contributed by atoms with Gasteiger partial charge in [-0.2, -0.15) is 0 Å². The Kier molecular flexibility index (Phi) is 7.06. The molecule has 0 aliphatic carbocycles. The number of ether oxygens (including phenoxy) is 2. The van der Waals surface area contributed by atoms with Crippen molar-refractivity contribution in [3.05, 3.63) is 46.3 Å². The largest absolute Gasteiger partial charge is 0.494 e. The number of hydrogen-bond acceptors (Lipinski definition) is 6. The standard InChI is InChI=1S/C21H26N2O4S/c1-3-26-21(25)19-16-11-12-23(2)14-17(16)28-20(19)22-18(24)10-7-13-27-15-8-5-4-6-9-15/h4-6,8-9H,3,7,10-14H2,1-2H3,(H,22,24). The smallest absolute Gasteiger partial charge is 0.341 e. The van der Waals surface area contributed by atoms with Crippen molar-refractivity contribution < 1.29 is 19.1 Å². The topological polar surface area (TPSA) is 67.9 Å². The maximum atomic E-state index is 12.5. The SMILES string of the molecule is CCOC(=O)c1c(NC(=O)CCCOc2ccccc2)sc2c1CCN(C)C2. The van der Waals surface area contributed by atoms with Crippen molar-refractivity contribution in [2.75, 3.05) is 32.1 Å². The molecule has 150 valence electrons. The first-order valence-corrected chi connectivity index (χ1v) is 10.4. The quantitative estimate of drug-likeness (QED) is 0.539. The number of para-hydroxylation sites is 1. The molecule has 0 saturated heterocycles. The van der Waals surface area contributed by atoms with E-state index in [0.29, 0.717) is 36.6 Å². The number of benzene rings is 1. The number of rotatable bonds is 8. The summed E-state index contributed by atoms with van der Waals surface area (Å²) in [6.45, 7) is 4.24. The molecular formula is C21H26N2O4S. The molecule has 0 atom stereocenters. The zero-order valence-corrected chi connectivity index (χ0v) is 17.1. The molecule has 1 aromatic carbocycles. The van der Waals surface area contributed by atoms with Gasteiger partial charge in [-0.25, -0.2) is 4.79 Å². The van der Waals surface area contributed by atoms with Gasteiger partial charge < -0.3 is 19.7 Å². The van der Waals surface area contributed by atoms with Crippen LogP contribution in [0.25, 0.3) is 0 Å². The molecule has 28 heavy (non-hydrogen) atoms. The molecule has 2 heterocycles. The fraction of sp³-hybridized carbons (Fsp3) is 0.429. The first kappa shape index (κ1) is 20.4. The number of nitrogens with zero attached hydrogens (tertiary/aromatic N) is 1. The lowest BCUT2D eigenvalue weighted by Gasteiger charge is -2.22. The molecule has 1 aliphatic heterocycles. The van der Waals surface area contributed by atoms with E-state index in [1.807, 2.05) is 30.3 Å². The summed E-state index contributed by atoms with van der Waals surface area (Å²) < 4.78 is 10.9. The third-order valence-corrected chi connectivity index (χ3v) is 5.67. The number of esters is 1. The second kappa shape index (κ2) is 9.71. The van der Waals surface area contributed by atoms with Crippen molar-refractivity contribution in [1.82, 2.24) is 4.90 Å². The number of thiophene rings is 1. The summed E-state index contributed by atoms with van der Waals surface area (Å²) in [5.41, 5.74) is 1.55. The number of anilines is 1. The van der Waals surface area contributed by atoms with Crippen LogP contribution in [0.3, 0.4) is 0 Å². The summed E-state index contributed by atoms with van der Waals surface area (Å²) in [6.07, 6.45) is 1.72. The average molecular weight is 403 g/mol. The van der Waals surface area contributed by atoms with Crippen LogP contribution in [-0.4, -0.2) is 43.6 Å². The summed E-state index contributed by atoms with van der Waals surface area (Å²) in [5.74, 6) is 0.323. The van der Waals surface area contributed by atoms with Crippen molar-refractivity contribution in [3.63, 3.8) is 0 Å². The van der Waals surface area contributed by atoms with E-state index in [9.17, 15) is 9.59 Å². The summed E-state index contributed by atoms with van der Waals surface area (Å²) in [7, 11) is 2.05. The lowest BCUT2D eigenvalue weighted by Crippen LogP contribution is -2.26. The van der Waals surface area contributed by atoms with Gasteiger partial charge in [0, 0.05) is 24.4 Å². The van der Waals surface area contributed by atoms with Gasteiger partial charge in [0.25, 0.3) is 0 Å². The van der Waals surface area contributed by atoms with Gasteiger partial charge in [-0.15, -0.1) is 11.3 Å². The fourth-order valence-corrected chi connectivity index (χ4v) is 4.50. The third kappa shape index (κ3) is 5.11. The van der Waals surface area contributed by atoms with Gasteiger partial charge in [-0.3, -0.25) is 4.79 Å². The van der Waals surface area contributed by atoms with E-state index < -0.39 is 0 Å². The monoisotopic (exact) mass is 402 g/mol. The normalized spacial score (nSPS) is 13.6. The molecule has 1 aliphatic rings. The fourth-order valence-electron chi connectivity index (χ4n) is 3.17. The lowest BCUT2D eigenvalue weighted by molar-refractivity contribution is -0.116. The van der Waals surface area contributed by atoms with Gasteiger partial charge in [0.2, 0.25) is 5.91 Å². The van der Waals surface area contributed by atoms with E-state index in [1.54, 1.807) is 6.92 Å². The zero-order chi connectivity index (χ0) is 19.9. The molecule has 1 aromatic heterocycles. The van der Waals surface area contributed by atoms with Crippen molar-refractivity contribution in [2.24, 2.45) is 0 Å². The van der Waals surface area contributed by atoms with Crippen molar-refractivity contribution >= 4 is 28.2 Å². The Morgan fingerprint density at radius 2 is 2.04 bits per heavy atom. The van der Waals surface area contributed by atoms with Crippen LogP contribution in [0.5, 0.6) is 5.75 Å². The van der Waals surface area contributed by atoms with Gasteiger partial charge >= 0.3 is 5.97 Å². The molecule has 0 bridgehead atoms. The van der Waals surface area contributed by atoms with E-state index in [-0.39, 0.29) is 11.9 Å². The summed E-state index contributed by atoms with van der Waals surface area (Å²) in [6, 6.07) is 9.53. The lowest BCUT2D eigenvalue weighted by atomic mass is 10.0.